The van der Waals surface area contributed by atoms with Crippen molar-refractivity contribution in [1.82, 2.24) is 4.90 Å². The van der Waals surface area contributed by atoms with E-state index in [2.05, 4.69) is 31.0 Å². The van der Waals surface area contributed by atoms with E-state index in [-0.39, 0.29) is 11.3 Å². The van der Waals surface area contributed by atoms with Crippen molar-refractivity contribution in [3.8, 4) is 5.75 Å². The third-order valence-electron chi connectivity index (χ3n) is 3.00. The van der Waals surface area contributed by atoms with Crippen molar-refractivity contribution in [3.05, 3.63) is 18.2 Å². The van der Waals surface area contributed by atoms with E-state index in [1.54, 1.807) is 25.3 Å². The fourth-order valence-electron chi connectivity index (χ4n) is 2.18. The molecule has 3 N–H and O–H groups in total. The van der Waals surface area contributed by atoms with Crippen LogP contribution in [-0.2, 0) is 4.79 Å². The van der Waals surface area contributed by atoms with E-state index in [1.807, 2.05) is 7.05 Å². The molecule has 0 unspecified atom stereocenters. The summed E-state index contributed by atoms with van der Waals surface area (Å²) in [5, 5.41) is 2.83. The van der Waals surface area contributed by atoms with Crippen molar-refractivity contribution in [2.45, 2.75) is 27.2 Å². The summed E-state index contributed by atoms with van der Waals surface area (Å²) in [7, 11) is 3.61. The fraction of sp³-hybridized carbons (Fsp3) is 0.562. The number of carbonyl (C=O) groups is 1. The van der Waals surface area contributed by atoms with Crippen molar-refractivity contribution < 1.29 is 9.53 Å². The second kappa shape index (κ2) is 7.31. The lowest BCUT2D eigenvalue weighted by atomic mass is 9.96. The van der Waals surface area contributed by atoms with Gasteiger partial charge in [-0.15, -0.1) is 0 Å². The van der Waals surface area contributed by atoms with Crippen LogP contribution in [-0.4, -0.2) is 38.1 Å². The molecule has 118 valence electrons. The molecule has 0 aliphatic carbocycles. The monoisotopic (exact) mass is 293 g/mol. The lowest BCUT2D eigenvalue weighted by Crippen LogP contribution is -2.31. The second-order valence-corrected chi connectivity index (χ2v) is 6.55. The van der Waals surface area contributed by atoms with Gasteiger partial charge in [0.1, 0.15) is 5.75 Å². The van der Waals surface area contributed by atoms with E-state index in [0.29, 0.717) is 23.5 Å². The standard InChI is InChI=1S/C16H27N3O2/c1-16(2,3)11-19(4)9-8-15(20)18-14-7-6-12(21-5)10-13(14)17/h6-7,10H,8-9,11,17H2,1-5H3,(H,18,20). The van der Waals surface area contributed by atoms with Gasteiger partial charge in [-0.2, -0.15) is 0 Å². The number of amides is 1. The molecular formula is C16H27N3O2. The Kier molecular flexibility index (Phi) is 6.03. The number of nitrogens with zero attached hydrogens (tertiary/aromatic N) is 1. The Hall–Kier alpha value is -1.75. The molecule has 1 rings (SSSR count). The summed E-state index contributed by atoms with van der Waals surface area (Å²) in [6.45, 7) is 8.22. The van der Waals surface area contributed by atoms with Gasteiger partial charge in [-0.1, -0.05) is 20.8 Å². The Morgan fingerprint density at radius 2 is 2.05 bits per heavy atom. The highest BCUT2D eigenvalue weighted by Gasteiger charge is 2.14. The summed E-state index contributed by atoms with van der Waals surface area (Å²) in [4.78, 5) is 14.1. The van der Waals surface area contributed by atoms with Gasteiger partial charge in [0.25, 0.3) is 0 Å². The SMILES string of the molecule is COc1ccc(NC(=O)CCN(C)CC(C)(C)C)c(N)c1. The van der Waals surface area contributed by atoms with Crippen LogP contribution in [0.15, 0.2) is 18.2 Å². The van der Waals surface area contributed by atoms with Crippen LogP contribution in [0.25, 0.3) is 0 Å². The molecule has 0 atom stereocenters. The van der Waals surface area contributed by atoms with Crippen molar-refractivity contribution >= 4 is 17.3 Å². The highest BCUT2D eigenvalue weighted by molar-refractivity contribution is 5.94. The zero-order valence-corrected chi connectivity index (χ0v) is 13.7. The summed E-state index contributed by atoms with van der Waals surface area (Å²) in [5.74, 6) is 0.642. The predicted molar refractivity (Wildman–Crippen MR) is 87.6 cm³/mol. The van der Waals surface area contributed by atoms with E-state index >= 15 is 0 Å². The number of anilines is 2. The quantitative estimate of drug-likeness (QED) is 0.791. The van der Waals surface area contributed by atoms with Gasteiger partial charge in [0.2, 0.25) is 5.91 Å². The average Bonchev–Trinajstić information content (AvgIpc) is 2.37. The topological polar surface area (TPSA) is 67.6 Å². The maximum absolute atomic E-state index is 12.0. The largest absolute Gasteiger partial charge is 0.497 e. The number of nitrogen functional groups attached to an aromatic ring is 1. The third-order valence-corrected chi connectivity index (χ3v) is 3.00. The molecule has 0 aliphatic heterocycles. The molecule has 0 aliphatic rings. The minimum absolute atomic E-state index is 0.0346. The van der Waals surface area contributed by atoms with Crippen molar-refractivity contribution in [2.24, 2.45) is 5.41 Å². The molecule has 0 heterocycles. The van der Waals surface area contributed by atoms with Crippen LogP contribution in [0.1, 0.15) is 27.2 Å². The van der Waals surface area contributed by atoms with E-state index in [9.17, 15) is 4.79 Å². The number of methoxy groups -OCH3 is 1. The molecule has 0 radical (unpaired) electrons. The normalized spacial score (nSPS) is 11.5. The zero-order valence-electron chi connectivity index (χ0n) is 13.7. The molecule has 21 heavy (non-hydrogen) atoms. The van der Waals surface area contributed by atoms with E-state index in [4.69, 9.17) is 10.5 Å². The number of nitrogens with two attached hydrogens (primary N) is 1. The lowest BCUT2D eigenvalue weighted by Gasteiger charge is -2.26. The first-order chi connectivity index (χ1) is 9.71. The predicted octanol–water partition coefficient (Wildman–Crippen LogP) is 2.58. The molecule has 1 amide bonds. The van der Waals surface area contributed by atoms with Crippen LogP contribution >= 0.6 is 0 Å². The van der Waals surface area contributed by atoms with Crippen LogP contribution in [0.4, 0.5) is 11.4 Å². The van der Waals surface area contributed by atoms with Crippen LogP contribution in [0.3, 0.4) is 0 Å². The fourth-order valence-corrected chi connectivity index (χ4v) is 2.18. The smallest absolute Gasteiger partial charge is 0.225 e. The summed E-state index contributed by atoms with van der Waals surface area (Å²) >= 11 is 0. The van der Waals surface area contributed by atoms with Crippen molar-refractivity contribution in [2.75, 3.05) is 38.3 Å². The first-order valence-corrected chi connectivity index (χ1v) is 7.13. The maximum Gasteiger partial charge on any atom is 0.225 e. The van der Waals surface area contributed by atoms with E-state index in [0.717, 1.165) is 13.1 Å². The van der Waals surface area contributed by atoms with Gasteiger partial charge in [0, 0.05) is 25.6 Å². The maximum atomic E-state index is 12.0. The summed E-state index contributed by atoms with van der Waals surface area (Å²) in [5.41, 5.74) is 7.24. The minimum atomic E-state index is -0.0346. The second-order valence-electron chi connectivity index (χ2n) is 6.55. The average molecular weight is 293 g/mol. The minimum Gasteiger partial charge on any atom is -0.497 e. The molecule has 0 aromatic heterocycles. The molecule has 1 aromatic rings. The first-order valence-electron chi connectivity index (χ1n) is 7.13. The molecule has 0 saturated heterocycles. The van der Waals surface area contributed by atoms with Crippen molar-refractivity contribution in [1.29, 1.82) is 0 Å². The molecule has 0 spiro atoms. The lowest BCUT2D eigenvalue weighted by molar-refractivity contribution is -0.116. The summed E-state index contributed by atoms with van der Waals surface area (Å²) in [6.07, 6.45) is 0.443. The van der Waals surface area contributed by atoms with Gasteiger partial charge in [-0.05, 0) is 24.6 Å². The third kappa shape index (κ3) is 6.49. The number of hydrogen-bond donors (Lipinski definition) is 2. The zero-order chi connectivity index (χ0) is 16.0. The van der Waals surface area contributed by atoms with Crippen molar-refractivity contribution in [3.63, 3.8) is 0 Å². The molecule has 0 saturated carbocycles. The molecule has 5 heteroatoms. The van der Waals surface area contributed by atoms with Gasteiger partial charge in [0.15, 0.2) is 0 Å². The highest BCUT2D eigenvalue weighted by atomic mass is 16.5. The number of ether oxygens (including phenoxy) is 1. The molecule has 0 bridgehead atoms. The Labute approximate surface area is 127 Å². The summed E-state index contributed by atoms with van der Waals surface area (Å²) in [6, 6.07) is 5.23. The van der Waals surface area contributed by atoms with E-state index in [1.165, 1.54) is 0 Å². The number of hydrogen-bond acceptors (Lipinski definition) is 4. The molecule has 5 nitrogen and oxygen atoms in total. The number of rotatable bonds is 6. The van der Waals surface area contributed by atoms with Crippen LogP contribution in [0.2, 0.25) is 0 Å². The number of nitrogens with one attached hydrogen (secondary N) is 1. The Morgan fingerprint density at radius 3 is 2.57 bits per heavy atom. The molecular weight excluding hydrogens is 266 g/mol. The molecule has 1 aromatic carbocycles. The van der Waals surface area contributed by atoms with Gasteiger partial charge >= 0.3 is 0 Å². The van der Waals surface area contributed by atoms with Crippen LogP contribution in [0.5, 0.6) is 5.75 Å². The highest BCUT2D eigenvalue weighted by Crippen LogP contribution is 2.24. The summed E-state index contributed by atoms with van der Waals surface area (Å²) < 4.78 is 5.08. The van der Waals surface area contributed by atoms with Crippen LogP contribution < -0.4 is 15.8 Å². The first kappa shape index (κ1) is 17.3. The Balaban J connectivity index is 2.47. The van der Waals surface area contributed by atoms with Gasteiger partial charge in [-0.25, -0.2) is 0 Å². The van der Waals surface area contributed by atoms with Gasteiger partial charge in [-0.3, -0.25) is 4.79 Å². The van der Waals surface area contributed by atoms with Crippen LogP contribution in [0, 0.1) is 5.41 Å². The molecule has 0 fully saturated rings. The van der Waals surface area contributed by atoms with Gasteiger partial charge < -0.3 is 20.7 Å². The number of carbonyl (C=O) groups excluding carboxylic acids is 1. The Morgan fingerprint density at radius 1 is 1.38 bits per heavy atom. The Bertz CT molecular complexity index is 481. The van der Waals surface area contributed by atoms with Gasteiger partial charge in [0.05, 0.1) is 18.5 Å². The van der Waals surface area contributed by atoms with E-state index < -0.39 is 0 Å². The number of benzene rings is 1.